The van der Waals surface area contributed by atoms with Gasteiger partial charge in [0.15, 0.2) is 11.5 Å². The van der Waals surface area contributed by atoms with Gasteiger partial charge in [0.1, 0.15) is 0 Å². The maximum Gasteiger partial charge on any atom is 0.271 e. The molecule has 1 amide bonds. The molecular weight excluding hydrogens is 316 g/mol. The lowest BCUT2D eigenvalue weighted by Crippen LogP contribution is -2.18. The highest BCUT2D eigenvalue weighted by Crippen LogP contribution is 2.26. The molecule has 0 aliphatic heterocycles. The number of hydrogen-bond donors (Lipinski definition) is 2. The van der Waals surface area contributed by atoms with Crippen molar-refractivity contribution in [3.8, 4) is 11.5 Å². The molecule has 0 aliphatic rings. The molecule has 0 spiro atoms. The standard InChI is InChI=1S/C20H24N2O3/c1-5-25-18-11-6-14(12-17(18)23)13-21-22-19(24)15-7-9-16(10-8-15)20(2,3)4/h6-13,23H,5H2,1-4H3,(H,22,24). The second kappa shape index (κ2) is 7.83. The highest BCUT2D eigenvalue weighted by molar-refractivity contribution is 5.95. The van der Waals surface area contributed by atoms with Crippen molar-refractivity contribution in [2.24, 2.45) is 5.10 Å². The van der Waals surface area contributed by atoms with Gasteiger partial charge in [0.05, 0.1) is 12.8 Å². The summed E-state index contributed by atoms with van der Waals surface area (Å²) < 4.78 is 5.26. The van der Waals surface area contributed by atoms with Crippen molar-refractivity contribution < 1.29 is 14.6 Å². The Bertz CT molecular complexity index is 760. The Kier molecular flexibility index (Phi) is 5.80. The normalized spacial score (nSPS) is 11.5. The first-order valence-corrected chi connectivity index (χ1v) is 8.21. The smallest absolute Gasteiger partial charge is 0.271 e. The van der Waals surface area contributed by atoms with Crippen LogP contribution in [0.3, 0.4) is 0 Å². The number of nitrogens with zero attached hydrogens (tertiary/aromatic N) is 1. The molecule has 0 fully saturated rings. The zero-order valence-corrected chi connectivity index (χ0v) is 15.0. The van der Waals surface area contributed by atoms with Crippen molar-refractivity contribution in [1.82, 2.24) is 5.43 Å². The maximum absolute atomic E-state index is 12.1. The molecule has 0 bridgehead atoms. The molecule has 0 heterocycles. The summed E-state index contributed by atoms with van der Waals surface area (Å²) in [7, 11) is 0. The van der Waals surface area contributed by atoms with E-state index in [4.69, 9.17) is 4.74 Å². The van der Waals surface area contributed by atoms with Gasteiger partial charge in [-0.05, 0) is 53.8 Å². The van der Waals surface area contributed by atoms with Gasteiger partial charge in [-0.15, -0.1) is 0 Å². The number of hydrazone groups is 1. The van der Waals surface area contributed by atoms with Crippen LogP contribution in [-0.2, 0) is 5.41 Å². The molecule has 2 aromatic carbocycles. The average molecular weight is 340 g/mol. The second-order valence-electron chi connectivity index (χ2n) is 6.69. The largest absolute Gasteiger partial charge is 0.504 e. The van der Waals surface area contributed by atoms with E-state index in [1.54, 1.807) is 24.3 Å². The Labute approximate surface area is 148 Å². The predicted molar refractivity (Wildman–Crippen MR) is 99.5 cm³/mol. The summed E-state index contributed by atoms with van der Waals surface area (Å²) in [4.78, 5) is 12.1. The third kappa shape index (κ3) is 5.08. The summed E-state index contributed by atoms with van der Waals surface area (Å²) in [6, 6.07) is 12.4. The Morgan fingerprint density at radius 3 is 2.44 bits per heavy atom. The SMILES string of the molecule is CCOc1ccc(C=NNC(=O)c2ccc(C(C)(C)C)cc2)cc1O. The molecule has 0 radical (unpaired) electrons. The van der Waals surface area contributed by atoms with Crippen molar-refractivity contribution in [3.63, 3.8) is 0 Å². The third-order valence-electron chi connectivity index (χ3n) is 3.68. The van der Waals surface area contributed by atoms with Crippen LogP contribution in [0.1, 0.15) is 49.2 Å². The molecule has 0 saturated carbocycles. The highest BCUT2D eigenvalue weighted by Gasteiger charge is 2.14. The van der Waals surface area contributed by atoms with Gasteiger partial charge in [0.25, 0.3) is 5.91 Å². The van der Waals surface area contributed by atoms with Crippen LogP contribution >= 0.6 is 0 Å². The van der Waals surface area contributed by atoms with Crippen molar-refractivity contribution in [3.05, 3.63) is 59.2 Å². The van der Waals surface area contributed by atoms with Crippen LogP contribution in [0.2, 0.25) is 0 Å². The predicted octanol–water partition coefficient (Wildman–Crippen LogP) is 3.85. The number of phenols is 1. The molecule has 0 saturated heterocycles. The number of ether oxygens (including phenoxy) is 1. The van der Waals surface area contributed by atoms with Crippen LogP contribution < -0.4 is 10.2 Å². The molecule has 2 rings (SSSR count). The van der Waals surface area contributed by atoms with E-state index >= 15 is 0 Å². The van der Waals surface area contributed by atoms with E-state index in [2.05, 4.69) is 31.3 Å². The van der Waals surface area contributed by atoms with Gasteiger partial charge in [0, 0.05) is 5.56 Å². The number of carbonyl (C=O) groups excluding carboxylic acids is 1. The first-order valence-electron chi connectivity index (χ1n) is 8.21. The Morgan fingerprint density at radius 2 is 1.88 bits per heavy atom. The van der Waals surface area contributed by atoms with Gasteiger partial charge >= 0.3 is 0 Å². The van der Waals surface area contributed by atoms with Gasteiger partial charge < -0.3 is 9.84 Å². The molecular formula is C20H24N2O3. The number of nitrogens with one attached hydrogen (secondary N) is 1. The van der Waals surface area contributed by atoms with Gasteiger partial charge in [-0.1, -0.05) is 32.9 Å². The van der Waals surface area contributed by atoms with E-state index in [1.165, 1.54) is 12.3 Å². The summed E-state index contributed by atoms with van der Waals surface area (Å²) in [6.07, 6.45) is 1.47. The topological polar surface area (TPSA) is 70.9 Å². The van der Waals surface area contributed by atoms with Crippen molar-refractivity contribution in [2.75, 3.05) is 6.61 Å². The fraction of sp³-hybridized carbons (Fsp3) is 0.300. The third-order valence-corrected chi connectivity index (χ3v) is 3.68. The number of benzene rings is 2. The average Bonchev–Trinajstić information content (AvgIpc) is 2.56. The molecule has 0 aliphatic carbocycles. The van der Waals surface area contributed by atoms with E-state index < -0.39 is 0 Å². The molecule has 25 heavy (non-hydrogen) atoms. The van der Waals surface area contributed by atoms with Gasteiger partial charge in [-0.2, -0.15) is 5.10 Å². The molecule has 0 aromatic heterocycles. The Hall–Kier alpha value is -2.82. The summed E-state index contributed by atoms with van der Waals surface area (Å²) in [6.45, 7) is 8.69. The monoisotopic (exact) mass is 340 g/mol. The first-order chi connectivity index (χ1) is 11.8. The minimum absolute atomic E-state index is 0.0369. The molecule has 0 unspecified atom stereocenters. The summed E-state index contributed by atoms with van der Waals surface area (Å²) in [5.41, 5.74) is 4.89. The summed E-state index contributed by atoms with van der Waals surface area (Å²) in [5, 5.41) is 13.8. The van der Waals surface area contributed by atoms with Crippen molar-refractivity contribution >= 4 is 12.1 Å². The van der Waals surface area contributed by atoms with E-state index in [0.29, 0.717) is 23.5 Å². The second-order valence-corrected chi connectivity index (χ2v) is 6.69. The zero-order valence-electron chi connectivity index (χ0n) is 15.0. The molecule has 2 aromatic rings. The number of phenolic OH excluding ortho intramolecular Hbond substituents is 1. The van der Waals surface area contributed by atoms with E-state index in [9.17, 15) is 9.90 Å². The van der Waals surface area contributed by atoms with Gasteiger partial charge in [0.2, 0.25) is 0 Å². The minimum atomic E-state index is -0.285. The molecule has 5 heteroatoms. The molecule has 5 nitrogen and oxygen atoms in total. The number of hydrogen-bond acceptors (Lipinski definition) is 4. The fourth-order valence-corrected chi connectivity index (χ4v) is 2.24. The number of amides is 1. The Balaban J connectivity index is 1.99. The zero-order chi connectivity index (χ0) is 18.4. The number of aromatic hydroxyl groups is 1. The van der Waals surface area contributed by atoms with Crippen LogP contribution in [0, 0.1) is 0 Å². The molecule has 2 N–H and O–H groups in total. The van der Waals surface area contributed by atoms with Crippen LogP contribution in [0.4, 0.5) is 0 Å². The van der Waals surface area contributed by atoms with Crippen molar-refractivity contribution in [2.45, 2.75) is 33.1 Å². The maximum atomic E-state index is 12.1. The van der Waals surface area contributed by atoms with E-state index in [0.717, 1.165) is 5.56 Å². The lowest BCUT2D eigenvalue weighted by atomic mass is 9.87. The quantitative estimate of drug-likeness (QED) is 0.641. The minimum Gasteiger partial charge on any atom is -0.504 e. The van der Waals surface area contributed by atoms with Crippen LogP contribution in [0.25, 0.3) is 0 Å². The van der Waals surface area contributed by atoms with Crippen LogP contribution in [0.5, 0.6) is 11.5 Å². The Morgan fingerprint density at radius 1 is 1.20 bits per heavy atom. The summed E-state index contributed by atoms with van der Waals surface area (Å²) >= 11 is 0. The fourth-order valence-electron chi connectivity index (χ4n) is 2.24. The summed E-state index contributed by atoms with van der Waals surface area (Å²) in [5.74, 6) is 0.171. The van der Waals surface area contributed by atoms with E-state index in [1.807, 2.05) is 19.1 Å². The van der Waals surface area contributed by atoms with Crippen molar-refractivity contribution in [1.29, 1.82) is 0 Å². The van der Waals surface area contributed by atoms with E-state index in [-0.39, 0.29) is 17.1 Å². The first kappa shape index (κ1) is 18.5. The molecule has 132 valence electrons. The molecule has 0 atom stereocenters. The number of carbonyl (C=O) groups is 1. The lowest BCUT2D eigenvalue weighted by Gasteiger charge is -2.18. The number of rotatable bonds is 5. The van der Waals surface area contributed by atoms with Gasteiger partial charge in [-0.25, -0.2) is 5.43 Å². The highest BCUT2D eigenvalue weighted by atomic mass is 16.5. The van der Waals surface area contributed by atoms with Crippen LogP contribution in [-0.4, -0.2) is 23.8 Å². The lowest BCUT2D eigenvalue weighted by molar-refractivity contribution is 0.0955. The van der Waals surface area contributed by atoms with Gasteiger partial charge in [-0.3, -0.25) is 4.79 Å². The van der Waals surface area contributed by atoms with Crippen LogP contribution in [0.15, 0.2) is 47.6 Å².